The molecule has 0 radical (unpaired) electrons. The van der Waals surface area contributed by atoms with Gasteiger partial charge in [0.25, 0.3) is 0 Å². The number of likely N-dealkylation sites (tertiary alicyclic amines) is 1. The van der Waals surface area contributed by atoms with Crippen LogP contribution in [-0.2, 0) is 6.54 Å². The van der Waals surface area contributed by atoms with Crippen molar-refractivity contribution >= 4 is 23.2 Å². The van der Waals surface area contributed by atoms with Gasteiger partial charge in [-0.1, -0.05) is 35.3 Å². The largest absolute Gasteiger partial charge is 0.395 e. The molecule has 1 aromatic rings. The molecule has 0 bridgehead atoms. The van der Waals surface area contributed by atoms with Crippen molar-refractivity contribution in [2.45, 2.75) is 25.4 Å². The summed E-state index contributed by atoms with van der Waals surface area (Å²) in [7, 11) is 0. The molecule has 1 atom stereocenters. The minimum Gasteiger partial charge on any atom is -0.395 e. The van der Waals surface area contributed by atoms with Crippen LogP contribution in [0.3, 0.4) is 0 Å². The standard InChI is InChI=1S/C12H15Cl2NO/c13-11-5-1-3-9(12(11)14)7-15-6-2-4-10(15)8-16/h1,3,5,10,16H,2,4,6-8H2/t10-/m1/s1. The normalized spacial score (nSPS) is 21.6. The molecular weight excluding hydrogens is 245 g/mol. The van der Waals surface area contributed by atoms with Crippen molar-refractivity contribution in [3.8, 4) is 0 Å². The van der Waals surface area contributed by atoms with Crippen molar-refractivity contribution in [1.82, 2.24) is 4.90 Å². The van der Waals surface area contributed by atoms with E-state index in [4.69, 9.17) is 23.2 Å². The Labute approximate surface area is 106 Å². The molecule has 0 saturated carbocycles. The van der Waals surface area contributed by atoms with Gasteiger partial charge in [-0.15, -0.1) is 0 Å². The van der Waals surface area contributed by atoms with Crippen LogP contribution in [-0.4, -0.2) is 29.2 Å². The minimum absolute atomic E-state index is 0.220. The average Bonchev–Trinajstić information content (AvgIpc) is 2.72. The van der Waals surface area contributed by atoms with Crippen LogP contribution in [0.25, 0.3) is 0 Å². The fraction of sp³-hybridized carbons (Fsp3) is 0.500. The molecule has 1 fully saturated rings. The number of aliphatic hydroxyl groups excluding tert-OH is 1. The molecule has 0 aliphatic carbocycles. The fourth-order valence-corrected chi connectivity index (χ4v) is 2.58. The van der Waals surface area contributed by atoms with E-state index in [0.29, 0.717) is 10.0 Å². The summed E-state index contributed by atoms with van der Waals surface area (Å²) in [5.41, 5.74) is 1.04. The van der Waals surface area contributed by atoms with E-state index in [1.807, 2.05) is 12.1 Å². The maximum Gasteiger partial charge on any atom is 0.0637 e. The predicted molar refractivity (Wildman–Crippen MR) is 67.0 cm³/mol. The highest BCUT2D eigenvalue weighted by atomic mass is 35.5. The molecule has 2 rings (SSSR count). The molecule has 0 amide bonds. The molecule has 1 aromatic carbocycles. The van der Waals surface area contributed by atoms with Gasteiger partial charge >= 0.3 is 0 Å². The molecule has 1 N–H and O–H groups in total. The lowest BCUT2D eigenvalue weighted by atomic mass is 10.2. The molecule has 0 spiro atoms. The summed E-state index contributed by atoms with van der Waals surface area (Å²) in [6, 6.07) is 5.96. The summed E-state index contributed by atoms with van der Waals surface area (Å²) < 4.78 is 0. The van der Waals surface area contributed by atoms with Crippen LogP contribution in [0.5, 0.6) is 0 Å². The van der Waals surface area contributed by atoms with Gasteiger partial charge in [0.15, 0.2) is 0 Å². The maximum atomic E-state index is 9.24. The van der Waals surface area contributed by atoms with Gasteiger partial charge in [0.05, 0.1) is 16.7 Å². The van der Waals surface area contributed by atoms with Crippen molar-refractivity contribution in [1.29, 1.82) is 0 Å². The van der Waals surface area contributed by atoms with E-state index in [9.17, 15) is 5.11 Å². The van der Waals surface area contributed by atoms with Crippen LogP contribution in [0.2, 0.25) is 10.0 Å². The number of aliphatic hydroxyl groups is 1. The third-order valence-corrected chi connectivity index (χ3v) is 3.97. The molecule has 0 aromatic heterocycles. The predicted octanol–water partition coefficient (Wildman–Crippen LogP) is 2.95. The minimum atomic E-state index is 0.220. The first-order valence-electron chi connectivity index (χ1n) is 5.50. The van der Waals surface area contributed by atoms with Crippen LogP contribution in [0.4, 0.5) is 0 Å². The van der Waals surface area contributed by atoms with Crippen molar-refractivity contribution in [3.63, 3.8) is 0 Å². The Bertz CT molecular complexity index is 370. The highest BCUT2D eigenvalue weighted by Crippen LogP contribution is 2.28. The summed E-state index contributed by atoms with van der Waals surface area (Å²) in [6.07, 6.45) is 2.21. The number of hydrogen-bond donors (Lipinski definition) is 1. The van der Waals surface area contributed by atoms with Crippen molar-refractivity contribution in [2.24, 2.45) is 0 Å². The van der Waals surface area contributed by atoms with E-state index in [2.05, 4.69) is 4.90 Å². The first-order chi connectivity index (χ1) is 7.72. The zero-order chi connectivity index (χ0) is 11.5. The Hall–Kier alpha value is -0.280. The summed E-state index contributed by atoms with van der Waals surface area (Å²) in [4.78, 5) is 2.26. The molecule has 0 unspecified atom stereocenters. The van der Waals surface area contributed by atoms with Crippen LogP contribution >= 0.6 is 23.2 Å². The number of benzene rings is 1. The number of nitrogens with zero attached hydrogens (tertiary/aromatic N) is 1. The molecule has 1 heterocycles. The van der Waals surface area contributed by atoms with Gasteiger partial charge in [0.2, 0.25) is 0 Å². The highest BCUT2D eigenvalue weighted by Gasteiger charge is 2.24. The van der Waals surface area contributed by atoms with Gasteiger partial charge in [-0.2, -0.15) is 0 Å². The summed E-state index contributed by atoms with van der Waals surface area (Å²) in [5.74, 6) is 0. The van der Waals surface area contributed by atoms with Crippen molar-refractivity contribution < 1.29 is 5.11 Å². The molecule has 16 heavy (non-hydrogen) atoms. The topological polar surface area (TPSA) is 23.5 Å². The van der Waals surface area contributed by atoms with Gasteiger partial charge in [-0.3, -0.25) is 4.90 Å². The van der Waals surface area contributed by atoms with Crippen LogP contribution in [0.15, 0.2) is 18.2 Å². The summed E-state index contributed by atoms with van der Waals surface area (Å²) >= 11 is 12.1. The quantitative estimate of drug-likeness (QED) is 0.903. The van der Waals surface area contributed by atoms with Gasteiger partial charge in [0.1, 0.15) is 0 Å². The van der Waals surface area contributed by atoms with E-state index in [1.54, 1.807) is 6.07 Å². The van der Waals surface area contributed by atoms with E-state index in [1.165, 1.54) is 0 Å². The van der Waals surface area contributed by atoms with Crippen LogP contribution in [0.1, 0.15) is 18.4 Å². The Balaban J connectivity index is 2.11. The highest BCUT2D eigenvalue weighted by molar-refractivity contribution is 6.42. The van der Waals surface area contributed by atoms with E-state index in [-0.39, 0.29) is 12.6 Å². The van der Waals surface area contributed by atoms with Gasteiger partial charge in [0, 0.05) is 12.6 Å². The Kier molecular flexibility index (Phi) is 4.09. The lowest BCUT2D eigenvalue weighted by molar-refractivity contribution is 0.153. The van der Waals surface area contributed by atoms with E-state index in [0.717, 1.165) is 31.5 Å². The zero-order valence-electron chi connectivity index (χ0n) is 9.00. The second kappa shape index (κ2) is 5.37. The molecule has 2 nitrogen and oxygen atoms in total. The third-order valence-electron chi connectivity index (χ3n) is 3.11. The Morgan fingerprint density at radius 2 is 2.19 bits per heavy atom. The molecular formula is C12H15Cl2NO. The summed E-state index contributed by atoms with van der Waals surface area (Å²) in [5, 5.41) is 10.5. The SMILES string of the molecule is OC[C@H]1CCCN1Cc1cccc(Cl)c1Cl. The second-order valence-electron chi connectivity index (χ2n) is 4.16. The van der Waals surface area contributed by atoms with Gasteiger partial charge < -0.3 is 5.11 Å². The number of rotatable bonds is 3. The van der Waals surface area contributed by atoms with Crippen molar-refractivity contribution in [2.75, 3.05) is 13.2 Å². The average molecular weight is 260 g/mol. The lowest BCUT2D eigenvalue weighted by Crippen LogP contribution is -2.31. The maximum absolute atomic E-state index is 9.24. The molecule has 1 aliphatic heterocycles. The Morgan fingerprint density at radius 1 is 1.38 bits per heavy atom. The molecule has 4 heteroatoms. The number of hydrogen-bond acceptors (Lipinski definition) is 2. The Morgan fingerprint density at radius 3 is 2.94 bits per heavy atom. The van der Waals surface area contributed by atoms with Crippen LogP contribution in [0, 0.1) is 0 Å². The first kappa shape index (κ1) is 12.2. The van der Waals surface area contributed by atoms with Gasteiger partial charge in [-0.25, -0.2) is 0 Å². The van der Waals surface area contributed by atoms with Crippen molar-refractivity contribution in [3.05, 3.63) is 33.8 Å². The first-order valence-corrected chi connectivity index (χ1v) is 6.25. The lowest BCUT2D eigenvalue weighted by Gasteiger charge is -2.23. The zero-order valence-corrected chi connectivity index (χ0v) is 10.5. The monoisotopic (exact) mass is 259 g/mol. The fourth-order valence-electron chi connectivity index (χ4n) is 2.20. The number of halogens is 2. The smallest absolute Gasteiger partial charge is 0.0637 e. The summed E-state index contributed by atoms with van der Waals surface area (Å²) in [6.45, 7) is 2.01. The molecule has 88 valence electrons. The molecule has 1 aliphatic rings. The van der Waals surface area contributed by atoms with E-state index >= 15 is 0 Å². The third kappa shape index (κ3) is 2.51. The van der Waals surface area contributed by atoms with E-state index < -0.39 is 0 Å². The molecule has 1 saturated heterocycles. The second-order valence-corrected chi connectivity index (χ2v) is 4.95. The van der Waals surface area contributed by atoms with Gasteiger partial charge in [-0.05, 0) is 31.0 Å². The van der Waals surface area contributed by atoms with Crippen LogP contribution < -0.4 is 0 Å².